The molecule has 0 atom stereocenters. The second kappa shape index (κ2) is 35.6. The number of aliphatic carboxylic acids is 2. The van der Waals surface area contributed by atoms with Crippen molar-refractivity contribution in [2.24, 2.45) is 0 Å². The van der Waals surface area contributed by atoms with Crippen molar-refractivity contribution in [2.75, 3.05) is 0 Å². The van der Waals surface area contributed by atoms with Crippen molar-refractivity contribution in [3.05, 3.63) is 24.3 Å². The van der Waals surface area contributed by atoms with Crippen molar-refractivity contribution in [2.45, 2.75) is 206 Å². The third-order valence-electron chi connectivity index (χ3n) is 8.23. The van der Waals surface area contributed by atoms with Crippen LogP contribution in [0.2, 0.25) is 0 Å². The molecule has 0 spiro atoms. The molecule has 3 fully saturated rings. The van der Waals surface area contributed by atoms with Crippen LogP contribution < -0.4 is 0 Å². The van der Waals surface area contributed by atoms with E-state index in [1.807, 2.05) is 0 Å². The lowest BCUT2D eigenvalue weighted by Gasteiger charge is -2.05. The van der Waals surface area contributed by atoms with Gasteiger partial charge in [-0.2, -0.15) is 0 Å². The summed E-state index contributed by atoms with van der Waals surface area (Å²) in [6.45, 7) is 9.20. The SMILES string of the molecule is C1CCCCCCCCC1.C1CCCCCCCCC1.C1CCCCCCCCC1.C=C(C)C(=O)O.C=C(C)C(=O)O. The maximum Gasteiger partial charge on any atom is 0.330 e. The van der Waals surface area contributed by atoms with E-state index in [1.165, 1.54) is 206 Å². The van der Waals surface area contributed by atoms with E-state index in [0.717, 1.165) is 0 Å². The number of carboxylic acids is 2. The van der Waals surface area contributed by atoms with Gasteiger partial charge < -0.3 is 10.2 Å². The minimum absolute atomic E-state index is 0.176. The van der Waals surface area contributed by atoms with E-state index < -0.39 is 11.9 Å². The maximum absolute atomic E-state index is 9.60. The predicted molar refractivity (Wildman–Crippen MR) is 183 cm³/mol. The summed E-state index contributed by atoms with van der Waals surface area (Å²) in [7, 11) is 0. The first-order valence-electron chi connectivity index (χ1n) is 18.1. The average Bonchev–Trinajstić information content (AvgIpc) is 2.99. The van der Waals surface area contributed by atoms with E-state index >= 15 is 0 Å². The molecule has 3 saturated carbocycles. The van der Waals surface area contributed by atoms with Crippen LogP contribution in [0.3, 0.4) is 0 Å². The standard InChI is InChI=1S/3C10H20.2C4H6O2/c3*1-2-4-6-8-10-9-7-5-3-1;2*1-3(2)4(5)6/h3*1-10H2;2*1H2,2H3,(H,5,6). The van der Waals surface area contributed by atoms with Gasteiger partial charge in [-0.15, -0.1) is 0 Å². The highest BCUT2D eigenvalue weighted by atomic mass is 16.4. The zero-order chi connectivity index (χ0) is 31.5. The van der Waals surface area contributed by atoms with Crippen LogP contribution >= 0.6 is 0 Å². The van der Waals surface area contributed by atoms with Crippen molar-refractivity contribution >= 4 is 11.9 Å². The van der Waals surface area contributed by atoms with Crippen LogP contribution in [0.15, 0.2) is 24.3 Å². The fourth-order valence-corrected chi connectivity index (χ4v) is 5.30. The Morgan fingerprint density at radius 3 is 0.381 bits per heavy atom. The van der Waals surface area contributed by atoms with Gasteiger partial charge in [-0.3, -0.25) is 0 Å². The summed E-state index contributed by atoms with van der Waals surface area (Å²) in [5, 5.41) is 15.8. The molecule has 3 aliphatic carbocycles. The molecule has 3 rings (SSSR count). The predicted octanol–water partition coefficient (Wildman–Crippen LogP) is 13.0. The highest BCUT2D eigenvalue weighted by molar-refractivity contribution is 5.85. The van der Waals surface area contributed by atoms with Gasteiger partial charge in [0.05, 0.1) is 0 Å². The van der Waals surface area contributed by atoms with Gasteiger partial charge in [0, 0.05) is 11.1 Å². The summed E-state index contributed by atoms with van der Waals surface area (Å²) in [6, 6.07) is 0. The van der Waals surface area contributed by atoms with Gasteiger partial charge in [0.1, 0.15) is 0 Å². The summed E-state index contributed by atoms with van der Waals surface area (Å²) in [6.07, 6.45) is 45.0. The largest absolute Gasteiger partial charge is 0.478 e. The highest BCUT2D eigenvalue weighted by Gasteiger charge is 1.98. The number of carbonyl (C=O) groups is 2. The fourth-order valence-electron chi connectivity index (χ4n) is 5.30. The summed E-state index contributed by atoms with van der Waals surface area (Å²) in [5.41, 5.74) is 0.352. The van der Waals surface area contributed by atoms with Crippen molar-refractivity contribution < 1.29 is 19.8 Å². The van der Waals surface area contributed by atoms with Crippen LogP contribution in [-0.2, 0) is 9.59 Å². The molecule has 0 radical (unpaired) electrons. The Morgan fingerprint density at radius 2 is 0.357 bits per heavy atom. The number of hydrogen-bond donors (Lipinski definition) is 2. The maximum atomic E-state index is 9.60. The molecule has 2 N–H and O–H groups in total. The molecule has 0 aromatic rings. The van der Waals surface area contributed by atoms with E-state index in [0.29, 0.717) is 0 Å². The quantitative estimate of drug-likeness (QED) is 0.313. The summed E-state index contributed by atoms with van der Waals surface area (Å²) < 4.78 is 0. The lowest BCUT2D eigenvalue weighted by molar-refractivity contribution is -0.133. The molecular weight excluding hydrogens is 520 g/mol. The zero-order valence-corrected chi connectivity index (χ0v) is 28.3. The van der Waals surface area contributed by atoms with Gasteiger partial charge in [-0.05, 0) is 13.8 Å². The van der Waals surface area contributed by atoms with E-state index in [2.05, 4.69) is 13.2 Å². The Bertz CT molecular complexity index is 429. The van der Waals surface area contributed by atoms with Crippen molar-refractivity contribution in [1.82, 2.24) is 0 Å². The van der Waals surface area contributed by atoms with Crippen molar-refractivity contribution in [1.29, 1.82) is 0 Å². The molecule has 3 aliphatic rings. The van der Waals surface area contributed by atoms with Crippen LogP contribution in [0.4, 0.5) is 0 Å². The van der Waals surface area contributed by atoms with Crippen LogP contribution in [0.1, 0.15) is 206 Å². The van der Waals surface area contributed by atoms with Crippen LogP contribution in [0, 0.1) is 0 Å². The van der Waals surface area contributed by atoms with E-state index in [1.54, 1.807) is 0 Å². The van der Waals surface area contributed by atoms with Crippen LogP contribution in [0.5, 0.6) is 0 Å². The van der Waals surface area contributed by atoms with Crippen molar-refractivity contribution in [3.8, 4) is 0 Å². The van der Waals surface area contributed by atoms with Gasteiger partial charge in [-0.1, -0.05) is 206 Å². The molecule has 0 heterocycles. The fraction of sp³-hybridized carbons (Fsp3) is 0.842. The first-order chi connectivity index (χ1) is 20.3. The monoisotopic (exact) mass is 593 g/mol. The summed E-state index contributed by atoms with van der Waals surface area (Å²) in [5.74, 6) is -1.87. The zero-order valence-electron chi connectivity index (χ0n) is 28.3. The van der Waals surface area contributed by atoms with E-state index in [-0.39, 0.29) is 11.1 Å². The van der Waals surface area contributed by atoms with Crippen LogP contribution in [0.25, 0.3) is 0 Å². The van der Waals surface area contributed by atoms with Crippen molar-refractivity contribution in [3.63, 3.8) is 0 Å². The van der Waals surface area contributed by atoms with Gasteiger partial charge >= 0.3 is 11.9 Å². The Labute approximate surface area is 262 Å². The minimum atomic E-state index is -0.935. The second-order valence-electron chi connectivity index (χ2n) is 12.8. The molecule has 42 heavy (non-hydrogen) atoms. The molecule has 0 aliphatic heterocycles. The normalized spacial score (nSPS) is 19.3. The van der Waals surface area contributed by atoms with Gasteiger partial charge in [0.2, 0.25) is 0 Å². The highest BCUT2D eigenvalue weighted by Crippen LogP contribution is 2.17. The van der Waals surface area contributed by atoms with Gasteiger partial charge in [-0.25, -0.2) is 9.59 Å². The lowest BCUT2D eigenvalue weighted by Crippen LogP contribution is -1.92. The molecule has 4 nitrogen and oxygen atoms in total. The Balaban J connectivity index is 0. The molecule has 248 valence electrons. The molecule has 0 aromatic carbocycles. The average molecular weight is 593 g/mol. The molecule has 0 saturated heterocycles. The van der Waals surface area contributed by atoms with E-state index in [4.69, 9.17) is 10.2 Å². The Morgan fingerprint density at radius 1 is 0.310 bits per heavy atom. The number of rotatable bonds is 2. The van der Waals surface area contributed by atoms with Gasteiger partial charge in [0.15, 0.2) is 0 Å². The molecule has 4 heteroatoms. The molecule has 0 unspecified atom stereocenters. The molecule has 0 amide bonds. The van der Waals surface area contributed by atoms with Gasteiger partial charge in [0.25, 0.3) is 0 Å². The van der Waals surface area contributed by atoms with E-state index in [9.17, 15) is 9.59 Å². The number of carboxylic acid groups (broad SMARTS) is 2. The molecule has 0 aromatic heterocycles. The third kappa shape index (κ3) is 40.6. The topological polar surface area (TPSA) is 74.6 Å². The number of hydrogen-bond acceptors (Lipinski definition) is 2. The Hall–Kier alpha value is -1.58. The third-order valence-corrected chi connectivity index (χ3v) is 8.23. The first-order valence-corrected chi connectivity index (χ1v) is 18.1. The minimum Gasteiger partial charge on any atom is -0.478 e. The summed E-state index contributed by atoms with van der Waals surface area (Å²) in [4.78, 5) is 19.2. The molecular formula is C38H72O4. The summed E-state index contributed by atoms with van der Waals surface area (Å²) >= 11 is 0. The smallest absolute Gasteiger partial charge is 0.330 e. The lowest BCUT2D eigenvalue weighted by atomic mass is 10.0. The first kappa shape index (κ1) is 42.6. The second-order valence-corrected chi connectivity index (χ2v) is 12.8. The molecule has 0 bridgehead atoms. The Kier molecular flexibility index (Phi) is 36.1. The van der Waals surface area contributed by atoms with Crippen LogP contribution in [-0.4, -0.2) is 22.2 Å².